The molecule has 106 valence electrons. The lowest BCUT2D eigenvalue weighted by Gasteiger charge is -2.12. The molecular formula is C13H20N2O3S. The van der Waals surface area contributed by atoms with Crippen molar-refractivity contribution >= 4 is 15.9 Å². The number of primary sulfonamides is 1. The summed E-state index contributed by atoms with van der Waals surface area (Å²) in [5.74, 6) is -0.608. The highest BCUT2D eigenvalue weighted by molar-refractivity contribution is 7.89. The van der Waals surface area contributed by atoms with Crippen LogP contribution in [0, 0.1) is 12.8 Å². The van der Waals surface area contributed by atoms with Gasteiger partial charge in [-0.25, -0.2) is 13.6 Å². The lowest BCUT2D eigenvalue weighted by atomic mass is 9.99. The smallest absolute Gasteiger partial charge is 0.223 e. The molecule has 1 aromatic rings. The van der Waals surface area contributed by atoms with Crippen LogP contribution < -0.4 is 10.5 Å². The monoisotopic (exact) mass is 284 g/mol. The highest BCUT2D eigenvalue weighted by Gasteiger charge is 2.13. The Morgan fingerprint density at radius 1 is 1.32 bits per heavy atom. The van der Waals surface area contributed by atoms with E-state index in [0.717, 1.165) is 5.56 Å². The van der Waals surface area contributed by atoms with Crippen molar-refractivity contribution in [3.05, 3.63) is 35.4 Å². The van der Waals surface area contributed by atoms with Gasteiger partial charge in [0.2, 0.25) is 15.9 Å². The third-order valence-corrected chi connectivity index (χ3v) is 3.57. The SMILES string of the molecule is Cc1ccc(C[C@@H](C)C(=O)NCCS(N)(=O)=O)cc1. The van der Waals surface area contributed by atoms with E-state index in [2.05, 4.69) is 5.32 Å². The number of amides is 1. The van der Waals surface area contributed by atoms with Gasteiger partial charge in [0.15, 0.2) is 0 Å². The van der Waals surface area contributed by atoms with Gasteiger partial charge in [0.05, 0.1) is 5.75 Å². The number of carbonyl (C=O) groups excluding carboxylic acids is 1. The molecule has 19 heavy (non-hydrogen) atoms. The molecule has 1 amide bonds. The zero-order chi connectivity index (χ0) is 14.5. The zero-order valence-electron chi connectivity index (χ0n) is 11.2. The van der Waals surface area contributed by atoms with Gasteiger partial charge in [-0.05, 0) is 18.9 Å². The Balaban J connectivity index is 2.42. The van der Waals surface area contributed by atoms with Crippen LogP contribution >= 0.6 is 0 Å². The molecule has 0 saturated carbocycles. The molecule has 1 rings (SSSR count). The van der Waals surface area contributed by atoms with Gasteiger partial charge >= 0.3 is 0 Å². The molecule has 0 aliphatic carbocycles. The van der Waals surface area contributed by atoms with Crippen LogP contribution in [0.1, 0.15) is 18.1 Å². The topological polar surface area (TPSA) is 89.3 Å². The van der Waals surface area contributed by atoms with Gasteiger partial charge < -0.3 is 5.32 Å². The Kier molecular flexibility index (Phi) is 5.50. The van der Waals surface area contributed by atoms with E-state index in [1.165, 1.54) is 5.56 Å². The number of hydrogen-bond donors (Lipinski definition) is 2. The molecule has 3 N–H and O–H groups in total. The molecule has 0 bridgehead atoms. The molecule has 5 nitrogen and oxygen atoms in total. The van der Waals surface area contributed by atoms with Crippen LogP contribution in [0.3, 0.4) is 0 Å². The first kappa shape index (κ1) is 15.7. The van der Waals surface area contributed by atoms with Gasteiger partial charge in [-0.1, -0.05) is 36.8 Å². The fourth-order valence-electron chi connectivity index (χ4n) is 1.66. The summed E-state index contributed by atoms with van der Waals surface area (Å²) >= 11 is 0. The predicted octanol–water partition coefficient (Wildman–Crippen LogP) is 0.578. The second-order valence-corrected chi connectivity index (χ2v) is 6.48. The molecular weight excluding hydrogens is 264 g/mol. The van der Waals surface area contributed by atoms with Crippen molar-refractivity contribution in [2.45, 2.75) is 20.3 Å². The van der Waals surface area contributed by atoms with Crippen molar-refractivity contribution in [3.63, 3.8) is 0 Å². The van der Waals surface area contributed by atoms with E-state index < -0.39 is 10.0 Å². The van der Waals surface area contributed by atoms with Crippen LogP contribution in [-0.4, -0.2) is 26.6 Å². The quantitative estimate of drug-likeness (QED) is 0.800. The summed E-state index contributed by atoms with van der Waals surface area (Å²) in [6.45, 7) is 3.87. The van der Waals surface area contributed by atoms with E-state index >= 15 is 0 Å². The predicted molar refractivity (Wildman–Crippen MR) is 75.0 cm³/mol. The second kappa shape index (κ2) is 6.68. The molecule has 0 aliphatic heterocycles. The van der Waals surface area contributed by atoms with E-state index in [1.807, 2.05) is 38.1 Å². The van der Waals surface area contributed by atoms with Gasteiger partial charge in [-0.3, -0.25) is 4.79 Å². The summed E-state index contributed by atoms with van der Waals surface area (Å²) in [6, 6.07) is 7.98. The first-order chi connectivity index (χ1) is 8.78. The van der Waals surface area contributed by atoms with E-state index in [9.17, 15) is 13.2 Å². The molecule has 0 unspecified atom stereocenters. The molecule has 1 aromatic carbocycles. The Morgan fingerprint density at radius 3 is 2.42 bits per heavy atom. The zero-order valence-corrected chi connectivity index (χ0v) is 12.0. The van der Waals surface area contributed by atoms with Crippen LogP contribution in [0.15, 0.2) is 24.3 Å². The highest BCUT2D eigenvalue weighted by Crippen LogP contribution is 2.09. The Hall–Kier alpha value is -1.40. The first-order valence-corrected chi connectivity index (χ1v) is 7.83. The van der Waals surface area contributed by atoms with Gasteiger partial charge in [0.1, 0.15) is 0 Å². The van der Waals surface area contributed by atoms with Crippen molar-refractivity contribution in [1.29, 1.82) is 0 Å². The van der Waals surface area contributed by atoms with Gasteiger partial charge in [0, 0.05) is 12.5 Å². The number of sulfonamides is 1. The van der Waals surface area contributed by atoms with Crippen LogP contribution in [-0.2, 0) is 21.2 Å². The van der Waals surface area contributed by atoms with Crippen LogP contribution in [0.2, 0.25) is 0 Å². The van der Waals surface area contributed by atoms with E-state index in [-0.39, 0.29) is 24.1 Å². The lowest BCUT2D eigenvalue weighted by Crippen LogP contribution is -2.35. The molecule has 0 radical (unpaired) electrons. The minimum Gasteiger partial charge on any atom is -0.355 e. The molecule has 0 spiro atoms. The average Bonchev–Trinajstić information content (AvgIpc) is 2.30. The third kappa shape index (κ3) is 6.35. The summed E-state index contributed by atoms with van der Waals surface area (Å²) in [5, 5.41) is 7.43. The summed E-state index contributed by atoms with van der Waals surface area (Å²) in [7, 11) is -3.52. The van der Waals surface area contributed by atoms with Gasteiger partial charge in [-0.2, -0.15) is 0 Å². The highest BCUT2D eigenvalue weighted by atomic mass is 32.2. The summed E-state index contributed by atoms with van der Waals surface area (Å²) in [4.78, 5) is 11.8. The molecule has 1 atom stereocenters. The third-order valence-electron chi connectivity index (χ3n) is 2.80. The van der Waals surface area contributed by atoms with Crippen molar-refractivity contribution in [2.24, 2.45) is 11.1 Å². The van der Waals surface area contributed by atoms with E-state index in [1.54, 1.807) is 0 Å². The van der Waals surface area contributed by atoms with Crippen LogP contribution in [0.4, 0.5) is 0 Å². The largest absolute Gasteiger partial charge is 0.355 e. The number of hydrogen-bond acceptors (Lipinski definition) is 3. The number of nitrogens with one attached hydrogen (secondary N) is 1. The summed E-state index contributed by atoms with van der Waals surface area (Å²) in [5.41, 5.74) is 2.26. The Morgan fingerprint density at radius 2 is 1.89 bits per heavy atom. The maximum atomic E-state index is 11.8. The minimum absolute atomic E-state index is 0.0515. The Labute approximate surface area is 114 Å². The molecule has 6 heteroatoms. The molecule has 0 heterocycles. The summed E-state index contributed by atoms with van der Waals surface area (Å²) < 4.78 is 21.5. The second-order valence-electron chi connectivity index (χ2n) is 4.75. The first-order valence-electron chi connectivity index (χ1n) is 6.11. The lowest BCUT2D eigenvalue weighted by molar-refractivity contribution is -0.124. The number of benzene rings is 1. The number of nitrogens with two attached hydrogens (primary N) is 1. The molecule has 0 aromatic heterocycles. The van der Waals surface area contributed by atoms with Crippen LogP contribution in [0.25, 0.3) is 0 Å². The molecule has 0 saturated heterocycles. The van der Waals surface area contributed by atoms with Gasteiger partial charge in [0.25, 0.3) is 0 Å². The molecule has 0 fully saturated rings. The fraction of sp³-hybridized carbons (Fsp3) is 0.462. The number of aryl methyl sites for hydroxylation is 1. The standard InChI is InChI=1S/C13H20N2O3S/c1-10-3-5-12(6-4-10)9-11(2)13(16)15-7-8-19(14,17)18/h3-6,11H,7-9H2,1-2H3,(H,15,16)(H2,14,17,18)/t11-/m1/s1. The maximum absolute atomic E-state index is 11.8. The fourth-order valence-corrected chi connectivity index (χ4v) is 2.05. The van der Waals surface area contributed by atoms with Crippen molar-refractivity contribution < 1.29 is 13.2 Å². The number of carbonyl (C=O) groups is 1. The number of rotatable bonds is 6. The van der Waals surface area contributed by atoms with Crippen LogP contribution in [0.5, 0.6) is 0 Å². The van der Waals surface area contributed by atoms with Gasteiger partial charge in [-0.15, -0.1) is 0 Å². The Bertz CT molecular complexity index is 523. The van der Waals surface area contributed by atoms with Crippen molar-refractivity contribution in [3.8, 4) is 0 Å². The van der Waals surface area contributed by atoms with E-state index in [0.29, 0.717) is 6.42 Å². The average molecular weight is 284 g/mol. The minimum atomic E-state index is -3.52. The molecule has 0 aliphatic rings. The van der Waals surface area contributed by atoms with Crippen molar-refractivity contribution in [2.75, 3.05) is 12.3 Å². The van der Waals surface area contributed by atoms with E-state index in [4.69, 9.17) is 5.14 Å². The maximum Gasteiger partial charge on any atom is 0.223 e. The summed E-state index contributed by atoms with van der Waals surface area (Å²) in [6.07, 6.45) is 0.626. The normalized spacial score (nSPS) is 13.0. The van der Waals surface area contributed by atoms with Crippen molar-refractivity contribution in [1.82, 2.24) is 5.32 Å².